The molecule has 8 nitrogen and oxygen atoms in total. The van der Waals surface area contributed by atoms with Crippen LogP contribution in [0.2, 0.25) is 5.02 Å². The second-order valence-corrected chi connectivity index (χ2v) is 10.5. The van der Waals surface area contributed by atoms with Crippen molar-refractivity contribution in [2.75, 3.05) is 33.2 Å². The molecule has 2 aromatic carbocycles. The molecule has 170 valence electrons. The summed E-state index contributed by atoms with van der Waals surface area (Å²) in [6.45, 7) is 2.15. The molecule has 1 saturated heterocycles. The maximum absolute atomic E-state index is 13.2. The number of halogens is 1. The van der Waals surface area contributed by atoms with Crippen molar-refractivity contribution < 1.29 is 18.3 Å². The molecule has 10 heteroatoms. The Balaban J connectivity index is 1.55. The van der Waals surface area contributed by atoms with E-state index >= 15 is 0 Å². The summed E-state index contributed by atoms with van der Waals surface area (Å²) < 4.78 is 27.9. The second-order valence-electron chi connectivity index (χ2n) is 8.11. The van der Waals surface area contributed by atoms with E-state index in [0.29, 0.717) is 53.7 Å². The second kappa shape index (κ2) is 8.11. The fraction of sp³-hybridized carbons (Fsp3) is 0.217. The Labute approximate surface area is 196 Å². The lowest BCUT2D eigenvalue weighted by Gasteiger charge is -2.31. The molecule has 0 spiro atoms. The number of aromatic nitrogens is 1. The van der Waals surface area contributed by atoms with E-state index in [4.69, 9.17) is 11.6 Å². The number of amides is 1. The number of nitrogens with zero attached hydrogens (tertiary/aromatic N) is 3. The van der Waals surface area contributed by atoms with Crippen LogP contribution in [-0.2, 0) is 10.0 Å². The molecule has 0 bridgehead atoms. The van der Waals surface area contributed by atoms with Crippen molar-refractivity contribution in [1.29, 1.82) is 0 Å². The number of piperazine rings is 1. The first-order valence-corrected chi connectivity index (χ1v) is 12.2. The number of sulfonamides is 1. The highest BCUT2D eigenvalue weighted by Crippen LogP contribution is 2.38. The highest BCUT2D eigenvalue weighted by Gasteiger charge is 2.34. The molecule has 1 fully saturated rings. The lowest BCUT2D eigenvalue weighted by Crippen LogP contribution is -2.47. The number of aromatic amines is 1. The lowest BCUT2D eigenvalue weighted by atomic mass is 10.0. The monoisotopic (exact) mass is 484 g/mol. The van der Waals surface area contributed by atoms with Gasteiger partial charge < -0.3 is 15.0 Å². The first-order valence-electron chi connectivity index (χ1n) is 10.4. The Kier molecular flexibility index (Phi) is 5.37. The Hall–Kier alpha value is -2.98. The van der Waals surface area contributed by atoms with Gasteiger partial charge in [-0.2, -0.15) is 4.31 Å². The highest BCUT2D eigenvalue weighted by molar-refractivity contribution is 7.89. The van der Waals surface area contributed by atoms with Crippen LogP contribution in [0.25, 0.3) is 11.3 Å². The van der Waals surface area contributed by atoms with Crippen molar-refractivity contribution in [2.45, 2.75) is 4.90 Å². The SMILES string of the molecule is CN1CCN(S(=O)(=O)c2cccc(-c3[nH]c(O)c4c3C(=O)N=C4c3cccc(Cl)c3)c2)CC1. The van der Waals surface area contributed by atoms with Gasteiger partial charge >= 0.3 is 0 Å². The van der Waals surface area contributed by atoms with E-state index in [2.05, 4.69) is 14.9 Å². The zero-order valence-electron chi connectivity index (χ0n) is 17.7. The number of carbonyl (C=O) groups is 1. The van der Waals surface area contributed by atoms with Crippen LogP contribution >= 0.6 is 11.6 Å². The Morgan fingerprint density at radius 3 is 2.42 bits per heavy atom. The molecular weight excluding hydrogens is 464 g/mol. The molecule has 0 unspecified atom stereocenters. The van der Waals surface area contributed by atoms with E-state index in [0.717, 1.165) is 0 Å². The summed E-state index contributed by atoms with van der Waals surface area (Å²) in [5.74, 6) is -0.726. The summed E-state index contributed by atoms with van der Waals surface area (Å²) in [5, 5.41) is 11.1. The summed E-state index contributed by atoms with van der Waals surface area (Å²) >= 11 is 6.09. The number of fused-ring (bicyclic) bond motifs is 1. The van der Waals surface area contributed by atoms with E-state index in [1.165, 1.54) is 16.4 Å². The number of likely N-dealkylation sites (N-methyl/N-ethyl adjacent to an activating group) is 1. The molecule has 0 radical (unpaired) electrons. The van der Waals surface area contributed by atoms with Crippen molar-refractivity contribution in [3.63, 3.8) is 0 Å². The summed E-state index contributed by atoms with van der Waals surface area (Å²) in [4.78, 5) is 22.0. The zero-order chi connectivity index (χ0) is 23.3. The van der Waals surface area contributed by atoms with Gasteiger partial charge in [-0.05, 0) is 31.3 Å². The molecule has 3 aromatic rings. The quantitative estimate of drug-likeness (QED) is 0.592. The molecule has 0 aliphatic carbocycles. The first-order chi connectivity index (χ1) is 15.8. The van der Waals surface area contributed by atoms with Crippen LogP contribution in [0.4, 0.5) is 0 Å². The predicted octanol–water partition coefficient (Wildman–Crippen LogP) is 2.97. The van der Waals surface area contributed by atoms with E-state index in [9.17, 15) is 18.3 Å². The van der Waals surface area contributed by atoms with E-state index < -0.39 is 15.9 Å². The summed E-state index contributed by atoms with van der Waals surface area (Å²) in [6.07, 6.45) is 0. The minimum atomic E-state index is -3.69. The molecular formula is C23H21ClN4O4S. The zero-order valence-corrected chi connectivity index (χ0v) is 19.3. The number of aliphatic imine (C=N–C) groups is 1. The lowest BCUT2D eigenvalue weighted by molar-refractivity contribution is 0.101. The molecule has 1 amide bonds. The van der Waals surface area contributed by atoms with Crippen molar-refractivity contribution in [2.24, 2.45) is 4.99 Å². The predicted molar refractivity (Wildman–Crippen MR) is 126 cm³/mol. The third-order valence-electron chi connectivity index (χ3n) is 5.97. The number of aromatic hydroxyl groups is 1. The van der Waals surface area contributed by atoms with Gasteiger partial charge in [0.05, 0.1) is 27.4 Å². The van der Waals surface area contributed by atoms with Gasteiger partial charge in [-0.15, -0.1) is 0 Å². The molecule has 0 atom stereocenters. The number of carbonyl (C=O) groups excluding carboxylic acids is 1. The van der Waals surface area contributed by atoms with Crippen LogP contribution in [0, 0.1) is 0 Å². The molecule has 33 heavy (non-hydrogen) atoms. The minimum Gasteiger partial charge on any atom is -0.494 e. The van der Waals surface area contributed by atoms with Crippen LogP contribution in [0.3, 0.4) is 0 Å². The minimum absolute atomic E-state index is 0.133. The Morgan fingerprint density at radius 1 is 1.00 bits per heavy atom. The molecule has 5 rings (SSSR count). The third kappa shape index (κ3) is 3.76. The molecule has 0 saturated carbocycles. The van der Waals surface area contributed by atoms with Crippen LogP contribution in [0.15, 0.2) is 58.4 Å². The van der Waals surface area contributed by atoms with Gasteiger partial charge in [0.15, 0.2) is 5.88 Å². The van der Waals surface area contributed by atoms with Gasteiger partial charge in [-0.1, -0.05) is 35.9 Å². The molecule has 2 aliphatic rings. The van der Waals surface area contributed by atoms with Crippen molar-refractivity contribution in [3.8, 4) is 17.1 Å². The topological polar surface area (TPSA) is 106 Å². The van der Waals surface area contributed by atoms with Crippen molar-refractivity contribution in [1.82, 2.24) is 14.2 Å². The smallest absolute Gasteiger partial charge is 0.280 e. The normalized spacial score (nSPS) is 17.3. The van der Waals surface area contributed by atoms with Gasteiger partial charge in [-0.25, -0.2) is 13.4 Å². The van der Waals surface area contributed by atoms with Crippen LogP contribution in [-0.4, -0.2) is 72.6 Å². The maximum atomic E-state index is 13.2. The Bertz CT molecular complexity index is 1410. The molecule has 3 heterocycles. The largest absolute Gasteiger partial charge is 0.494 e. The van der Waals surface area contributed by atoms with Crippen LogP contribution < -0.4 is 0 Å². The van der Waals surface area contributed by atoms with Crippen molar-refractivity contribution in [3.05, 3.63) is 70.2 Å². The average Bonchev–Trinajstić information content (AvgIpc) is 3.32. The maximum Gasteiger partial charge on any atom is 0.280 e. The number of nitrogens with one attached hydrogen (secondary N) is 1. The highest BCUT2D eigenvalue weighted by atomic mass is 35.5. The van der Waals surface area contributed by atoms with E-state index in [1.807, 2.05) is 7.05 Å². The molecule has 2 N–H and O–H groups in total. The summed E-state index contributed by atoms with van der Waals surface area (Å²) in [7, 11) is -1.74. The fourth-order valence-electron chi connectivity index (χ4n) is 4.20. The Morgan fingerprint density at radius 2 is 1.70 bits per heavy atom. The number of hydrogen-bond acceptors (Lipinski definition) is 5. The first kappa shape index (κ1) is 21.8. The number of hydrogen-bond donors (Lipinski definition) is 2. The standard InChI is InChI=1S/C23H21ClN4O4S/c1-27-8-10-28(11-9-27)33(31,32)17-7-3-5-15(13-17)21-19-18(22(29)26-21)20(25-23(19)30)14-4-2-6-16(24)12-14/h2-7,12-13,26,29H,8-11H2,1H3. The third-order valence-corrected chi connectivity index (χ3v) is 8.09. The molecule has 1 aromatic heterocycles. The summed E-state index contributed by atoms with van der Waals surface area (Å²) in [5.41, 5.74) is 2.20. The van der Waals surface area contributed by atoms with Gasteiger partial charge in [0, 0.05) is 42.3 Å². The van der Waals surface area contributed by atoms with Crippen LogP contribution in [0.1, 0.15) is 21.5 Å². The number of H-pyrrole nitrogens is 1. The van der Waals surface area contributed by atoms with E-state index in [-0.39, 0.29) is 21.9 Å². The average molecular weight is 485 g/mol. The van der Waals surface area contributed by atoms with Crippen LogP contribution in [0.5, 0.6) is 5.88 Å². The van der Waals surface area contributed by atoms with Gasteiger partial charge in [-0.3, -0.25) is 4.79 Å². The summed E-state index contributed by atoms with van der Waals surface area (Å²) in [6, 6.07) is 13.2. The fourth-order valence-corrected chi connectivity index (χ4v) is 5.85. The van der Waals surface area contributed by atoms with Gasteiger partial charge in [0.25, 0.3) is 5.91 Å². The number of benzene rings is 2. The van der Waals surface area contributed by atoms with E-state index in [1.54, 1.807) is 36.4 Å². The van der Waals surface area contributed by atoms with Gasteiger partial charge in [0.2, 0.25) is 10.0 Å². The van der Waals surface area contributed by atoms with Gasteiger partial charge in [0.1, 0.15) is 0 Å². The van der Waals surface area contributed by atoms with Crippen molar-refractivity contribution >= 4 is 33.2 Å². The number of rotatable bonds is 4. The molecule has 2 aliphatic heterocycles.